The number of carbonyl (C=O) groups excluding carboxylic acids is 1. The van der Waals surface area contributed by atoms with E-state index < -0.39 is 15.7 Å². The Morgan fingerprint density at radius 1 is 1.33 bits per heavy atom. The van der Waals surface area contributed by atoms with Crippen LogP contribution >= 0.6 is 0 Å². The largest absolute Gasteiger partial charge is 0.353 e. The molecule has 144 valence electrons. The van der Waals surface area contributed by atoms with Crippen LogP contribution in [0.15, 0.2) is 36.7 Å². The van der Waals surface area contributed by atoms with Crippen LogP contribution in [0.25, 0.3) is 0 Å². The van der Waals surface area contributed by atoms with Crippen molar-refractivity contribution in [2.75, 3.05) is 23.0 Å². The van der Waals surface area contributed by atoms with Crippen molar-refractivity contribution in [1.82, 2.24) is 15.3 Å². The summed E-state index contributed by atoms with van der Waals surface area (Å²) in [5.41, 5.74) is 0.530. The summed E-state index contributed by atoms with van der Waals surface area (Å²) in [4.78, 5) is 22.4. The minimum atomic E-state index is -3.03. The van der Waals surface area contributed by atoms with Crippen molar-refractivity contribution >= 4 is 21.6 Å². The van der Waals surface area contributed by atoms with E-state index >= 15 is 0 Å². The highest BCUT2D eigenvalue weighted by Crippen LogP contribution is 2.22. The maximum atomic E-state index is 13.7. The highest BCUT2D eigenvalue weighted by atomic mass is 32.2. The lowest BCUT2D eigenvalue weighted by Crippen LogP contribution is -2.37. The minimum Gasteiger partial charge on any atom is -0.353 e. The molecule has 1 aromatic heterocycles. The van der Waals surface area contributed by atoms with Crippen LogP contribution in [0.5, 0.6) is 0 Å². The van der Waals surface area contributed by atoms with Gasteiger partial charge in [-0.1, -0.05) is 18.2 Å². The fourth-order valence-electron chi connectivity index (χ4n) is 3.16. The van der Waals surface area contributed by atoms with E-state index in [-0.39, 0.29) is 35.6 Å². The molecule has 9 heteroatoms. The molecule has 1 atom stereocenters. The second-order valence-corrected chi connectivity index (χ2v) is 8.61. The van der Waals surface area contributed by atoms with Gasteiger partial charge >= 0.3 is 0 Å². The van der Waals surface area contributed by atoms with Gasteiger partial charge in [0.05, 0.1) is 11.5 Å². The molecule has 1 N–H and O–H groups in total. The Kier molecular flexibility index (Phi) is 5.69. The lowest BCUT2D eigenvalue weighted by molar-refractivity contribution is 0.0945. The van der Waals surface area contributed by atoms with Crippen molar-refractivity contribution in [3.05, 3.63) is 53.7 Å². The number of benzene rings is 1. The molecule has 1 aromatic carbocycles. The molecule has 1 aliphatic heterocycles. The summed E-state index contributed by atoms with van der Waals surface area (Å²) in [6, 6.07) is 7.58. The molecule has 3 rings (SSSR count). The number of nitrogens with zero attached hydrogens (tertiary/aromatic N) is 3. The van der Waals surface area contributed by atoms with E-state index in [0.29, 0.717) is 24.3 Å². The predicted octanol–water partition coefficient (Wildman–Crippen LogP) is 1.56. The fraction of sp³-hybridized carbons (Fsp3) is 0.389. The molecule has 0 spiro atoms. The second kappa shape index (κ2) is 7.99. The summed E-state index contributed by atoms with van der Waals surface area (Å²) in [6.07, 6.45) is 1.81. The van der Waals surface area contributed by atoms with Crippen LogP contribution in [0.2, 0.25) is 0 Å². The van der Waals surface area contributed by atoms with E-state index in [9.17, 15) is 17.6 Å². The van der Waals surface area contributed by atoms with Crippen LogP contribution in [0.3, 0.4) is 0 Å². The summed E-state index contributed by atoms with van der Waals surface area (Å²) in [6.45, 7) is 2.52. The van der Waals surface area contributed by atoms with Crippen molar-refractivity contribution in [3.63, 3.8) is 0 Å². The Hall–Kier alpha value is -2.55. The van der Waals surface area contributed by atoms with Gasteiger partial charge in [0.15, 0.2) is 9.84 Å². The summed E-state index contributed by atoms with van der Waals surface area (Å²) in [5, 5.41) is 2.64. The number of amides is 1. The lowest BCUT2D eigenvalue weighted by atomic mass is 10.2. The predicted molar refractivity (Wildman–Crippen MR) is 99.7 cm³/mol. The molecule has 1 unspecified atom stereocenters. The van der Waals surface area contributed by atoms with Crippen molar-refractivity contribution in [2.45, 2.75) is 25.9 Å². The Balaban J connectivity index is 1.72. The quantitative estimate of drug-likeness (QED) is 0.802. The molecule has 2 aromatic rings. The number of hydrogen-bond donors (Lipinski definition) is 1. The van der Waals surface area contributed by atoms with Crippen molar-refractivity contribution in [2.24, 2.45) is 0 Å². The van der Waals surface area contributed by atoms with Crippen molar-refractivity contribution in [3.8, 4) is 0 Å². The standard InChI is InChI=1S/C18H21FN4O3S/c1-2-23(14-7-8-27(25,26)11-14)17-9-16(21-12-22-17)18(24)20-10-13-5-3-4-6-15(13)19/h3-6,9,12,14H,2,7-8,10-11H2,1H3,(H,20,24). The van der Waals surface area contributed by atoms with Crippen LogP contribution in [-0.4, -0.2) is 48.4 Å². The summed E-state index contributed by atoms with van der Waals surface area (Å²) >= 11 is 0. The Labute approximate surface area is 157 Å². The van der Waals surface area contributed by atoms with Crippen LogP contribution in [-0.2, 0) is 16.4 Å². The van der Waals surface area contributed by atoms with Gasteiger partial charge in [0, 0.05) is 30.8 Å². The zero-order valence-corrected chi connectivity index (χ0v) is 15.7. The monoisotopic (exact) mass is 392 g/mol. The number of sulfone groups is 1. The molecule has 0 radical (unpaired) electrons. The molecule has 27 heavy (non-hydrogen) atoms. The summed E-state index contributed by atoms with van der Waals surface area (Å²) in [5.74, 6) is -0.0852. The average Bonchev–Trinajstić information content (AvgIpc) is 3.01. The lowest BCUT2D eigenvalue weighted by Gasteiger charge is -2.27. The molecule has 2 heterocycles. The van der Waals surface area contributed by atoms with Crippen LogP contribution < -0.4 is 10.2 Å². The van der Waals surface area contributed by atoms with E-state index in [1.54, 1.807) is 18.2 Å². The van der Waals surface area contributed by atoms with Gasteiger partial charge in [0.25, 0.3) is 5.91 Å². The highest BCUT2D eigenvalue weighted by Gasteiger charge is 2.32. The summed E-state index contributed by atoms with van der Waals surface area (Å²) < 4.78 is 37.2. The number of rotatable bonds is 6. The van der Waals surface area contributed by atoms with Gasteiger partial charge in [0.1, 0.15) is 23.7 Å². The molecule has 0 aliphatic carbocycles. The number of halogens is 1. The van der Waals surface area contributed by atoms with Crippen LogP contribution in [0, 0.1) is 5.82 Å². The molecule has 0 saturated carbocycles. The zero-order chi connectivity index (χ0) is 19.4. The van der Waals surface area contributed by atoms with E-state index in [1.165, 1.54) is 18.5 Å². The number of aromatic nitrogens is 2. The molecule has 7 nitrogen and oxygen atoms in total. The fourth-order valence-corrected chi connectivity index (χ4v) is 4.90. The second-order valence-electron chi connectivity index (χ2n) is 6.38. The van der Waals surface area contributed by atoms with Gasteiger partial charge in [-0.3, -0.25) is 4.79 Å². The van der Waals surface area contributed by atoms with E-state index in [1.807, 2.05) is 11.8 Å². The van der Waals surface area contributed by atoms with Crippen molar-refractivity contribution < 1.29 is 17.6 Å². The first-order valence-corrected chi connectivity index (χ1v) is 10.5. The maximum Gasteiger partial charge on any atom is 0.270 e. The molecular weight excluding hydrogens is 371 g/mol. The van der Waals surface area contributed by atoms with Crippen LogP contribution in [0.1, 0.15) is 29.4 Å². The first kappa shape index (κ1) is 19.2. The van der Waals surface area contributed by atoms with E-state index in [4.69, 9.17) is 0 Å². The zero-order valence-electron chi connectivity index (χ0n) is 14.9. The number of hydrogen-bond acceptors (Lipinski definition) is 6. The molecule has 1 aliphatic rings. The van der Waals surface area contributed by atoms with E-state index in [2.05, 4.69) is 15.3 Å². The summed E-state index contributed by atoms with van der Waals surface area (Å²) in [7, 11) is -3.03. The Morgan fingerprint density at radius 2 is 2.11 bits per heavy atom. The third-order valence-electron chi connectivity index (χ3n) is 4.57. The highest BCUT2D eigenvalue weighted by molar-refractivity contribution is 7.91. The van der Waals surface area contributed by atoms with Gasteiger partial charge in [0.2, 0.25) is 0 Å². The Morgan fingerprint density at radius 3 is 2.78 bits per heavy atom. The SMILES string of the molecule is CCN(c1cc(C(=O)NCc2ccccc2F)ncn1)C1CCS(=O)(=O)C1. The normalized spacial score (nSPS) is 18.2. The van der Waals surface area contributed by atoms with Gasteiger partial charge < -0.3 is 10.2 Å². The smallest absolute Gasteiger partial charge is 0.270 e. The molecule has 1 amide bonds. The molecule has 1 saturated heterocycles. The minimum absolute atomic E-state index is 0.0448. The van der Waals surface area contributed by atoms with Crippen LogP contribution in [0.4, 0.5) is 10.2 Å². The first-order chi connectivity index (χ1) is 12.9. The van der Waals surface area contributed by atoms with Crippen molar-refractivity contribution in [1.29, 1.82) is 0 Å². The third kappa shape index (κ3) is 4.60. The average molecular weight is 392 g/mol. The maximum absolute atomic E-state index is 13.7. The topological polar surface area (TPSA) is 92.3 Å². The Bertz CT molecular complexity index is 936. The number of anilines is 1. The third-order valence-corrected chi connectivity index (χ3v) is 6.32. The molecular formula is C18H21FN4O3S. The van der Waals surface area contributed by atoms with Gasteiger partial charge in [-0.2, -0.15) is 0 Å². The van der Waals surface area contributed by atoms with Gasteiger partial charge in [-0.15, -0.1) is 0 Å². The van der Waals surface area contributed by atoms with Gasteiger partial charge in [-0.25, -0.2) is 22.8 Å². The first-order valence-electron chi connectivity index (χ1n) is 8.70. The number of nitrogens with one attached hydrogen (secondary N) is 1. The molecule has 0 bridgehead atoms. The van der Waals surface area contributed by atoms with Gasteiger partial charge in [-0.05, 0) is 19.4 Å². The van der Waals surface area contributed by atoms with E-state index in [0.717, 1.165) is 0 Å². The molecule has 1 fully saturated rings. The number of carbonyl (C=O) groups is 1.